The van der Waals surface area contributed by atoms with Crippen LogP contribution >= 0.6 is 12.2 Å². The zero-order chi connectivity index (χ0) is 12.6. The van der Waals surface area contributed by atoms with Gasteiger partial charge in [0.25, 0.3) is 0 Å². The molecule has 2 aromatic rings. The van der Waals surface area contributed by atoms with Gasteiger partial charge in [0.05, 0.1) is 5.52 Å². The maximum absolute atomic E-state index is 5.38. The van der Waals surface area contributed by atoms with Crippen molar-refractivity contribution < 1.29 is 0 Å². The second-order valence-corrected chi connectivity index (χ2v) is 5.80. The van der Waals surface area contributed by atoms with Crippen molar-refractivity contribution in [2.75, 3.05) is 0 Å². The molecule has 0 aromatic carbocycles. The highest BCUT2D eigenvalue weighted by molar-refractivity contribution is 7.71. The Labute approximate surface area is 107 Å². The van der Waals surface area contributed by atoms with Gasteiger partial charge in [-0.3, -0.25) is 0 Å². The number of imidazole rings is 1. The molecule has 4 heteroatoms. The summed E-state index contributed by atoms with van der Waals surface area (Å²) in [5.41, 5.74) is 3.37. The number of hydrogen-bond acceptors (Lipinski definition) is 2. The summed E-state index contributed by atoms with van der Waals surface area (Å²) in [6, 6.07) is 2.09. The van der Waals surface area contributed by atoms with Gasteiger partial charge in [0.1, 0.15) is 0 Å². The lowest BCUT2D eigenvalue weighted by Gasteiger charge is -2.23. The summed E-state index contributed by atoms with van der Waals surface area (Å²) in [4.78, 5) is 7.71. The molecule has 0 fully saturated rings. The van der Waals surface area contributed by atoms with Crippen molar-refractivity contribution >= 4 is 23.4 Å². The Balaban J connectivity index is 2.54. The molecule has 0 aliphatic heterocycles. The van der Waals surface area contributed by atoms with Crippen LogP contribution in [0.2, 0.25) is 0 Å². The van der Waals surface area contributed by atoms with Gasteiger partial charge in [-0.15, -0.1) is 0 Å². The first-order valence-corrected chi connectivity index (χ1v) is 6.39. The number of aromatic nitrogens is 3. The van der Waals surface area contributed by atoms with Crippen LogP contribution < -0.4 is 0 Å². The molecule has 1 N–H and O–H groups in total. The van der Waals surface area contributed by atoms with Gasteiger partial charge in [0.15, 0.2) is 10.4 Å². The number of H-pyrrole nitrogens is 1. The van der Waals surface area contributed by atoms with E-state index in [1.807, 2.05) is 13.1 Å². The topological polar surface area (TPSA) is 33.6 Å². The molecule has 0 amide bonds. The number of aryl methyl sites for hydroxylation is 1. The van der Waals surface area contributed by atoms with E-state index in [1.165, 1.54) is 0 Å². The number of nitrogens with one attached hydrogen (secondary N) is 1. The molecular weight excluding hydrogens is 230 g/mol. The Kier molecular flexibility index (Phi) is 3.08. The molecule has 0 radical (unpaired) electrons. The SMILES string of the molecule is CCC(C)(C)Cn1c(=S)[nH]c2cc(C)cnc21. The highest BCUT2D eigenvalue weighted by atomic mass is 32.1. The molecule has 92 valence electrons. The Hall–Kier alpha value is -1.16. The van der Waals surface area contributed by atoms with E-state index in [0.29, 0.717) is 0 Å². The Morgan fingerprint density at radius 3 is 2.82 bits per heavy atom. The summed E-state index contributed by atoms with van der Waals surface area (Å²) in [5.74, 6) is 0. The molecule has 0 unspecified atom stereocenters. The first-order valence-electron chi connectivity index (χ1n) is 5.98. The van der Waals surface area contributed by atoms with E-state index in [-0.39, 0.29) is 5.41 Å². The minimum absolute atomic E-state index is 0.236. The standard InChI is InChI=1S/C13H19N3S/c1-5-13(3,4)8-16-11-10(15-12(16)17)6-9(2)7-14-11/h6-7H,5,8H2,1-4H3,(H,15,17). The van der Waals surface area contributed by atoms with Gasteiger partial charge >= 0.3 is 0 Å². The summed E-state index contributed by atoms with van der Waals surface area (Å²) in [7, 11) is 0. The van der Waals surface area contributed by atoms with Crippen LogP contribution in [0, 0.1) is 17.1 Å². The molecule has 0 aliphatic rings. The third-order valence-electron chi connectivity index (χ3n) is 3.29. The molecule has 0 saturated carbocycles. The van der Waals surface area contributed by atoms with Crippen molar-refractivity contribution in [1.29, 1.82) is 0 Å². The van der Waals surface area contributed by atoms with Crippen molar-refractivity contribution in [2.45, 2.75) is 40.7 Å². The van der Waals surface area contributed by atoms with E-state index in [1.54, 1.807) is 0 Å². The minimum Gasteiger partial charge on any atom is -0.329 e. The zero-order valence-corrected chi connectivity index (χ0v) is 11.7. The van der Waals surface area contributed by atoms with E-state index in [0.717, 1.165) is 34.5 Å². The molecule has 0 saturated heterocycles. The number of rotatable bonds is 3. The predicted molar refractivity (Wildman–Crippen MR) is 73.7 cm³/mol. The van der Waals surface area contributed by atoms with Crippen LogP contribution in [0.1, 0.15) is 32.8 Å². The highest BCUT2D eigenvalue weighted by Gasteiger charge is 2.18. The van der Waals surface area contributed by atoms with Gasteiger partial charge in [0.2, 0.25) is 0 Å². The highest BCUT2D eigenvalue weighted by Crippen LogP contribution is 2.24. The monoisotopic (exact) mass is 249 g/mol. The molecule has 2 heterocycles. The van der Waals surface area contributed by atoms with Crippen LogP contribution in [-0.4, -0.2) is 14.5 Å². The normalized spacial score (nSPS) is 12.2. The van der Waals surface area contributed by atoms with Crippen LogP contribution in [0.3, 0.4) is 0 Å². The number of nitrogens with zero attached hydrogens (tertiary/aromatic N) is 2. The molecule has 2 aromatic heterocycles. The van der Waals surface area contributed by atoms with Gasteiger partial charge in [-0.1, -0.05) is 20.8 Å². The van der Waals surface area contributed by atoms with Gasteiger partial charge in [-0.05, 0) is 42.6 Å². The van der Waals surface area contributed by atoms with Gasteiger partial charge in [-0.2, -0.15) is 0 Å². The number of pyridine rings is 1. The fraction of sp³-hybridized carbons (Fsp3) is 0.538. The molecule has 0 bridgehead atoms. The number of aromatic amines is 1. The molecule has 0 atom stereocenters. The molecule has 17 heavy (non-hydrogen) atoms. The van der Waals surface area contributed by atoms with Gasteiger partial charge in [-0.25, -0.2) is 4.98 Å². The van der Waals surface area contributed by atoms with Crippen LogP contribution in [0.25, 0.3) is 11.2 Å². The second-order valence-electron chi connectivity index (χ2n) is 5.42. The van der Waals surface area contributed by atoms with E-state index >= 15 is 0 Å². The van der Waals surface area contributed by atoms with Crippen molar-refractivity contribution in [3.8, 4) is 0 Å². The number of hydrogen-bond donors (Lipinski definition) is 1. The average Bonchev–Trinajstić information content (AvgIpc) is 2.54. The van der Waals surface area contributed by atoms with E-state index in [4.69, 9.17) is 12.2 Å². The Morgan fingerprint density at radius 1 is 1.47 bits per heavy atom. The second kappa shape index (κ2) is 4.26. The zero-order valence-electron chi connectivity index (χ0n) is 10.9. The lowest BCUT2D eigenvalue weighted by molar-refractivity contribution is 0.296. The minimum atomic E-state index is 0.236. The molecule has 2 rings (SSSR count). The lowest BCUT2D eigenvalue weighted by Crippen LogP contribution is -2.18. The molecule has 0 aliphatic carbocycles. The smallest absolute Gasteiger partial charge is 0.179 e. The van der Waals surface area contributed by atoms with Gasteiger partial charge < -0.3 is 9.55 Å². The quantitative estimate of drug-likeness (QED) is 0.838. The first-order chi connectivity index (χ1) is 7.93. The maximum Gasteiger partial charge on any atom is 0.179 e. The van der Waals surface area contributed by atoms with Crippen LogP contribution in [0.4, 0.5) is 0 Å². The fourth-order valence-electron chi connectivity index (χ4n) is 1.83. The van der Waals surface area contributed by atoms with Gasteiger partial charge in [0, 0.05) is 12.7 Å². The lowest BCUT2D eigenvalue weighted by atomic mass is 9.90. The third-order valence-corrected chi connectivity index (χ3v) is 3.61. The van der Waals surface area contributed by atoms with E-state index in [2.05, 4.69) is 41.4 Å². The van der Waals surface area contributed by atoms with Crippen LogP contribution in [-0.2, 0) is 6.54 Å². The maximum atomic E-state index is 5.38. The Morgan fingerprint density at radius 2 is 2.18 bits per heavy atom. The van der Waals surface area contributed by atoms with Crippen molar-refractivity contribution in [1.82, 2.24) is 14.5 Å². The van der Waals surface area contributed by atoms with E-state index < -0.39 is 0 Å². The number of fused-ring (bicyclic) bond motifs is 1. The molecular formula is C13H19N3S. The first kappa shape index (κ1) is 12.3. The van der Waals surface area contributed by atoms with Crippen molar-refractivity contribution in [3.63, 3.8) is 0 Å². The Bertz CT molecular complexity index is 592. The average molecular weight is 249 g/mol. The molecule has 0 spiro atoms. The van der Waals surface area contributed by atoms with Crippen molar-refractivity contribution in [3.05, 3.63) is 22.6 Å². The fourth-order valence-corrected chi connectivity index (χ4v) is 2.10. The summed E-state index contributed by atoms with van der Waals surface area (Å²) >= 11 is 5.38. The third kappa shape index (κ3) is 2.41. The molecule has 3 nitrogen and oxygen atoms in total. The summed E-state index contributed by atoms with van der Waals surface area (Å²) in [6.45, 7) is 9.65. The van der Waals surface area contributed by atoms with Crippen LogP contribution in [0.5, 0.6) is 0 Å². The van der Waals surface area contributed by atoms with Crippen molar-refractivity contribution in [2.24, 2.45) is 5.41 Å². The summed E-state index contributed by atoms with van der Waals surface area (Å²) in [6.07, 6.45) is 3.01. The van der Waals surface area contributed by atoms with E-state index in [9.17, 15) is 0 Å². The largest absolute Gasteiger partial charge is 0.329 e. The van der Waals surface area contributed by atoms with Crippen LogP contribution in [0.15, 0.2) is 12.3 Å². The predicted octanol–water partition coefficient (Wildman–Crippen LogP) is 3.84. The summed E-state index contributed by atoms with van der Waals surface area (Å²) in [5, 5.41) is 0. The summed E-state index contributed by atoms with van der Waals surface area (Å²) < 4.78 is 2.87.